The molecule has 2 atom stereocenters. The van der Waals surface area contributed by atoms with Crippen LogP contribution in [-0.2, 0) is 9.53 Å². The Kier molecular flexibility index (Phi) is 2.93. The van der Waals surface area contributed by atoms with Crippen molar-refractivity contribution in [2.75, 3.05) is 6.61 Å². The molecule has 0 heterocycles. The molecule has 0 aliphatic heterocycles. The van der Waals surface area contributed by atoms with Crippen molar-refractivity contribution in [2.24, 2.45) is 0 Å². The van der Waals surface area contributed by atoms with Crippen LogP contribution in [0.4, 0.5) is 13.2 Å². The first-order chi connectivity index (χ1) is 6.64. The maximum atomic E-state index is 11.9. The van der Waals surface area contributed by atoms with Gasteiger partial charge in [0.25, 0.3) is 0 Å². The van der Waals surface area contributed by atoms with E-state index in [2.05, 4.69) is 4.74 Å². The summed E-state index contributed by atoms with van der Waals surface area (Å²) < 4.78 is 39.9. The molecule has 6 heteroatoms. The van der Waals surface area contributed by atoms with E-state index in [9.17, 15) is 23.1 Å². The quantitative estimate of drug-likeness (QED) is 0.767. The molecule has 0 aromatic carbocycles. The summed E-state index contributed by atoms with van der Waals surface area (Å²) in [6.45, 7) is 1.18. The first kappa shape index (κ1) is 12.2. The van der Waals surface area contributed by atoms with Gasteiger partial charge in [-0.05, 0) is 25.5 Å². The Balaban J connectivity index is 2.69. The number of alkyl halides is 3. The molecular formula is C9H11F3O3. The number of aliphatic hydroxyl groups is 1. The Morgan fingerprint density at radius 3 is 2.47 bits per heavy atom. The fraction of sp³-hybridized carbons (Fsp3) is 0.667. The Bertz CT molecular complexity index is 304. The summed E-state index contributed by atoms with van der Waals surface area (Å²) in [5.74, 6) is -0.637. The van der Waals surface area contributed by atoms with Crippen molar-refractivity contribution in [3.05, 3.63) is 11.6 Å². The minimum atomic E-state index is -4.51. The standard InChI is InChI=1S/C9H11F3O3/c1-5-3-6(13)7(8(5,2)14)15-4-9(10,11)12/h3,7,14H,4H2,1-2H3/t7-,8+/m1/s1. The average Bonchev–Trinajstić information content (AvgIpc) is 2.18. The Hall–Kier alpha value is -0.880. The molecule has 1 aliphatic carbocycles. The van der Waals surface area contributed by atoms with Crippen LogP contribution in [0.5, 0.6) is 0 Å². The Labute approximate surface area is 84.5 Å². The number of rotatable bonds is 2. The zero-order valence-corrected chi connectivity index (χ0v) is 8.26. The van der Waals surface area contributed by atoms with Gasteiger partial charge < -0.3 is 9.84 Å². The highest BCUT2D eigenvalue weighted by Gasteiger charge is 2.45. The minimum Gasteiger partial charge on any atom is -0.383 e. The number of carbonyl (C=O) groups is 1. The van der Waals surface area contributed by atoms with Crippen LogP contribution in [0.15, 0.2) is 11.6 Å². The van der Waals surface area contributed by atoms with Gasteiger partial charge in [-0.2, -0.15) is 13.2 Å². The maximum Gasteiger partial charge on any atom is 0.411 e. The van der Waals surface area contributed by atoms with E-state index >= 15 is 0 Å². The van der Waals surface area contributed by atoms with Crippen molar-refractivity contribution in [3.8, 4) is 0 Å². The van der Waals surface area contributed by atoms with Crippen LogP contribution in [0.2, 0.25) is 0 Å². The van der Waals surface area contributed by atoms with Crippen molar-refractivity contribution < 1.29 is 27.8 Å². The minimum absolute atomic E-state index is 0.305. The maximum absolute atomic E-state index is 11.9. The van der Waals surface area contributed by atoms with Gasteiger partial charge in [0.1, 0.15) is 12.2 Å². The largest absolute Gasteiger partial charge is 0.411 e. The van der Waals surface area contributed by atoms with Gasteiger partial charge in [-0.15, -0.1) is 0 Å². The third-order valence-electron chi connectivity index (χ3n) is 2.34. The van der Waals surface area contributed by atoms with Gasteiger partial charge in [-0.3, -0.25) is 4.79 Å². The summed E-state index contributed by atoms with van der Waals surface area (Å²) >= 11 is 0. The van der Waals surface area contributed by atoms with Crippen molar-refractivity contribution in [1.82, 2.24) is 0 Å². The normalized spacial score (nSPS) is 32.0. The van der Waals surface area contributed by atoms with Crippen LogP contribution >= 0.6 is 0 Å². The second-order valence-electron chi connectivity index (χ2n) is 3.68. The second kappa shape index (κ2) is 3.61. The second-order valence-corrected chi connectivity index (χ2v) is 3.68. The van der Waals surface area contributed by atoms with Crippen LogP contribution in [0.25, 0.3) is 0 Å². The van der Waals surface area contributed by atoms with Crippen LogP contribution < -0.4 is 0 Å². The summed E-state index contributed by atoms with van der Waals surface area (Å²) in [7, 11) is 0. The number of halogens is 3. The third-order valence-corrected chi connectivity index (χ3v) is 2.34. The van der Waals surface area contributed by atoms with Crippen molar-refractivity contribution in [1.29, 1.82) is 0 Å². The molecule has 86 valence electrons. The predicted molar refractivity (Wildman–Crippen MR) is 45.2 cm³/mol. The molecule has 15 heavy (non-hydrogen) atoms. The highest BCUT2D eigenvalue weighted by Crippen LogP contribution is 2.31. The number of carbonyl (C=O) groups excluding carboxylic acids is 1. The zero-order chi connectivity index (χ0) is 11.9. The summed E-state index contributed by atoms with van der Waals surface area (Å²) in [5, 5.41) is 9.71. The molecule has 0 saturated heterocycles. The van der Waals surface area contributed by atoms with Gasteiger partial charge in [0.15, 0.2) is 11.9 Å². The highest BCUT2D eigenvalue weighted by atomic mass is 19.4. The van der Waals surface area contributed by atoms with Crippen LogP contribution in [-0.4, -0.2) is 35.4 Å². The summed E-state index contributed by atoms with van der Waals surface area (Å²) in [6, 6.07) is 0. The molecule has 1 N–H and O–H groups in total. The molecule has 3 nitrogen and oxygen atoms in total. The monoisotopic (exact) mass is 224 g/mol. The highest BCUT2D eigenvalue weighted by molar-refractivity contribution is 5.99. The molecule has 0 radical (unpaired) electrons. The topological polar surface area (TPSA) is 46.5 Å². The molecule has 0 saturated carbocycles. The van der Waals surface area contributed by atoms with Gasteiger partial charge in [0.05, 0.1) is 0 Å². The van der Waals surface area contributed by atoms with Crippen LogP contribution in [0, 0.1) is 0 Å². The van der Waals surface area contributed by atoms with Gasteiger partial charge in [-0.25, -0.2) is 0 Å². The van der Waals surface area contributed by atoms with E-state index in [1.165, 1.54) is 13.8 Å². The molecule has 0 aromatic rings. The van der Waals surface area contributed by atoms with Crippen LogP contribution in [0.3, 0.4) is 0 Å². The van der Waals surface area contributed by atoms with E-state index in [1.807, 2.05) is 0 Å². The molecule has 0 amide bonds. The summed E-state index contributed by atoms with van der Waals surface area (Å²) in [4.78, 5) is 11.2. The summed E-state index contributed by atoms with van der Waals surface area (Å²) in [6.07, 6.45) is -4.87. The lowest BCUT2D eigenvalue weighted by Crippen LogP contribution is -2.43. The van der Waals surface area contributed by atoms with E-state index < -0.39 is 30.3 Å². The molecule has 0 aromatic heterocycles. The van der Waals surface area contributed by atoms with Gasteiger partial charge in [-0.1, -0.05) is 0 Å². The molecule has 0 unspecified atom stereocenters. The molecule has 0 spiro atoms. The van der Waals surface area contributed by atoms with E-state index in [1.54, 1.807) is 0 Å². The Morgan fingerprint density at radius 2 is 2.13 bits per heavy atom. The molecule has 1 rings (SSSR count). The molecular weight excluding hydrogens is 213 g/mol. The van der Waals surface area contributed by atoms with Crippen molar-refractivity contribution in [3.63, 3.8) is 0 Å². The fourth-order valence-electron chi connectivity index (χ4n) is 1.34. The van der Waals surface area contributed by atoms with E-state index in [4.69, 9.17) is 0 Å². The predicted octanol–water partition coefficient (Wildman–Crippen LogP) is 1.21. The lowest BCUT2D eigenvalue weighted by atomic mass is 9.97. The number of ketones is 1. The zero-order valence-electron chi connectivity index (χ0n) is 8.26. The number of ether oxygens (including phenoxy) is 1. The third kappa shape index (κ3) is 2.57. The van der Waals surface area contributed by atoms with Crippen LogP contribution in [0.1, 0.15) is 13.8 Å². The number of hydrogen-bond acceptors (Lipinski definition) is 3. The molecule has 1 aliphatic rings. The molecule has 0 bridgehead atoms. The Morgan fingerprint density at radius 1 is 1.60 bits per heavy atom. The van der Waals surface area contributed by atoms with Crippen molar-refractivity contribution >= 4 is 5.78 Å². The van der Waals surface area contributed by atoms with E-state index in [0.717, 1.165) is 6.08 Å². The van der Waals surface area contributed by atoms with E-state index in [0.29, 0.717) is 5.57 Å². The van der Waals surface area contributed by atoms with E-state index in [-0.39, 0.29) is 0 Å². The fourth-order valence-corrected chi connectivity index (χ4v) is 1.34. The summed E-state index contributed by atoms with van der Waals surface area (Å²) in [5.41, 5.74) is -1.35. The van der Waals surface area contributed by atoms with Gasteiger partial charge in [0.2, 0.25) is 0 Å². The SMILES string of the molecule is CC1=CC(=O)[C@@H](OCC(F)(F)F)[C@@]1(C)O. The lowest BCUT2D eigenvalue weighted by Gasteiger charge is -2.26. The average molecular weight is 224 g/mol. The van der Waals surface area contributed by atoms with Gasteiger partial charge >= 0.3 is 6.18 Å². The lowest BCUT2D eigenvalue weighted by molar-refractivity contribution is -0.199. The molecule has 0 fully saturated rings. The van der Waals surface area contributed by atoms with Gasteiger partial charge in [0, 0.05) is 0 Å². The first-order valence-corrected chi connectivity index (χ1v) is 4.28. The smallest absolute Gasteiger partial charge is 0.383 e. The number of hydrogen-bond donors (Lipinski definition) is 1. The van der Waals surface area contributed by atoms with Crippen molar-refractivity contribution in [2.45, 2.75) is 31.7 Å². The first-order valence-electron chi connectivity index (χ1n) is 4.28.